The fourth-order valence-electron chi connectivity index (χ4n) is 1.79. The summed E-state index contributed by atoms with van der Waals surface area (Å²) < 4.78 is 0.905. The van der Waals surface area contributed by atoms with Gasteiger partial charge in [-0.3, -0.25) is 4.79 Å². The molecule has 1 saturated heterocycles. The zero-order valence-corrected chi connectivity index (χ0v) is 12.2. The highest BCUT2D eigenvalue weighted by molar-refractivity contribution is 8.01. The molecule has 1 aromatic rings. The van der Waals surface area contributed by atoms with Crippen LogP contribution in [0.15, 0.2) is 4.34 Å². The number of nitrogens with zero attached hydrogens (tertiary/aromatic N) is 2. The molecule has 1 aromatic heterocycles. The van der Waals surface area contributed by atoms with Crippen molar-refractivity contribution in [2.45, 2.75) is 36.3 Å². The number of nitrogens with one attached hydrogen (secondary N) is 2. The van der Waals surface area contributed by atoms with Crippen molar-refractivity contribution in [1.29, 1.82) is 0 Å². The molecule has 100 valence electrons. The minimum absolute atomic E-state index is 0.0550. The van der Waals surface area contributed by atoms with Crippen molar-refractivity contribution in [2.24, 2.45) is 5.92 Å². The average molecular weight is 286 g/mol. The third-order valence-electron chi connectivity index (χ3n) is 2.64. The fraction of sp³-hybridized carbons (Fsp3) is 0.727. The van der Waals surface area contributed by atoms with Crippen LogP contribution in [0.4, 0.5) is 5.13 Å². The molecule has 0 radical (unpaired) electrons. The van der Waals surface area contributed by atoms with E-state index in [4.69, 9.17) is 0 Å². The lowest BCUT2D eigenvalue weighted by Gasteiger charge is -2.20. The van der Waals surface area contributed by atoms with Crippen LogP contribution in [0.1, 0.15) is 26.7 Å². The number of rotatable bonds is 4. The summed E-state index contributed by atoms with van der Waals surface area (Å²) >= 11 is 3.11. The zero-order chi connectivity index (χ0) is 13.0. The van der Waals surface area contributed by atoms with E-state index < -0.39 is 0 Å². The van der Waals surface area contributed by atoms with Gasteiger partial charge < -0.3 is 10.6 Å². The Kier molecular flexibility index (Phi) is 4.96. The summed E-state index contributed by atoms with van der Waals surface area (Å²) in [6.07, 6.45) is 2.01. The monoisotopic (exact) mass is 286 g/mol. The topological polar surface area (TPSA) is 66.9 Å². The molecule has 1 amide bonds. The van der Waals surface area contributed by atoms with Crippen LogP contribution in [0.2, 0.25) is 0 Å². The van der Waals surface area contributed by atoms with Gasteiger partial charge in [0.1, 0.15) is 0 Å². The van der Waals surface area contributed by atoms with Gasteiger partial charge in [0.2, 0.25) is 11.0 Å². The van der Waals surface area contributed by atoms with Crippen LogP contribution in [0.5, 0.6) is 0 Å². The van der Waals surface area contributed by atoms with Crippen molar-refractivity contribution in [1.82, 2.24) is 15.5 Å². The highest BCUT2D eigenvalue weighted by Gasteiger charge is 2.22. The molecule has 2 N–H and O–H groups in total. The van der Waals surface area contributed by atoms with Crippen LogP contribution in [-0.4, -0.2) is 34.4 Å². The average Bonchev–Trinajstić information content (AvgIpc) is 2.76. The van der Waals surface area contributed by atoms with Gasteiger partial charge in [-0.25, -0.2) is 0 Å². The summed E-state index contributed by atoms with van der Waals surface area (Å²) in [6.45, 7) is 5.99. The number of carbonyl (C=O) groups excluding carboxylic acids is 1. The largest absolute Gasteiger partial charge is 0.316 e. The summed E-state index contributed by atoms with van der Waals surface area (Å²) in [5.74, 6) is 0.114. The molecule has 0 bridgehead atoms. The molecular weight excluding hydrogens is 268 g/mol. The maximum absolute atomic E-state index is 12.0. The third kappa shape index (κ3) is 3.93. The molecule has 1 aliphatic heterocycles. The normalized spacial score (nSPS) is 20.1. The summed E-state index contributed by atoms with van der Waals surface area (Å²) in [6, 6.07) is 0. The van der Waals surface area contributed by atoms with E-state index in [0.29, 0.717) is 10.4 Å². The quantitative estimate of drug-likeness (QED) is 0.654. The number of thioether (sulfide) groups is 1. The number of hydrogen-bond donors (Lipinski definition) is 2. The van der Waals surface area contributed by atoms with Gasteiger partial charge in [-0.1, -0.05) is 36.9 Å². The lowest BCUT2D eigenvalue weighted by molar-refractivity contribution is -0.120. The summed E-state index contributed by atoms with van der Waals surface area (Å²) in [7, 11) is 0. The van der Waals surface area contributed by atoms with Crippen molar-refractivity contribution in [3.63, 3.8) is 0 Å². The van der Waals surface area contributed by atoms with E-state index in [-0.39, 0.29) is 11.8 Å². The van der Waals surface area contributed by atoms with Gasteiger partial charge in [0, 0.05) is 11.8 Å². The molecule has 0 spiro atoms. The first-order chi connectivity index (χ1) is 8.65. The van der Waals surface area contributed by atoms with Crippen molar-refractivity contribution < 1.29 is 4.79 Å². The van der Waals surface area contributed by atoms with Crippen molar-refractivity contribution in [2.75, 3.05) is 18.4 Å². The van der Waals surface area contributed by atoms with E-state index in [1.807, 2.05) is 0 Å². The smallest absolute Gasteiger partial charge is 0.230 e. The number of aromatic nitrogens is 2. The molecule has 1 aliphatic rings. The maximum atomic E-state index is 12.0. The second-order valence-corrected chi connectivity index (χ2v) is 7.37. The standard InChI is InChI=1S/C11H18N4OS2/c1-7(2)17-11-15-14-10(18-11)13-9(16)8-4-3-5-12-6-8/h7-8,12H,3-6H2,1-2H3,(H,13,14,16). The molecule has 2 rings (SSSR count). The minimum atomic E-state index is 0.0550. The third-order valence-corrected chi connectivity index (χ3v) is 4.57. The van der Waals surface area contributed by atoms with E-state index in [9.17, 15) is 4.79 Å². The molecule has 2 heterocycles. The Hall–Kier alpha value is -0.660. The van der Waals surface area contributed by atoms with E-state index in [0.717, 1.165) is 30.3 Å². The molecule has 1 fully saturated rings. The van der Waals surface area contributed by atoms with Gasteiger partial charge in [-0.15, -0.1) is 10.2 Å². The van der Waals surface area contributed by atoms with Gasteiger partial charge in [-0.05, 0) is 19.4 Å². The Morgan fingerprint density at radius 1 is 1.56 bits per heavy atom. The van der Waals surface area contributed by atoms with E-state index in [2.05, 4.69) is 34.7 Å². The van der Waals surface area contributed by atoms with Crippen molar-refractivity contribution in [3.05, 3.63) is 0 Å². The predicted molar refractivity (Wildman–Crippen MR) is 75.1 cm³/mol. The van der Waals surface area contributed by atoms with E-state index in [1.165, 1.54) is 11.3 Å². The molecule has 7 heteroatoms. The van der Waals surface area contributed by atoms with Crippen LogP contribution in [-0.2, 0) is 4.79 Å². The minimum Gasteiger partial charge on any atom is -0.316 e. The van der Waals surface area contributed by atoms with E-state index >= 15 is 0 Å². The van der Waals surface area contributed by atoms with Crippen LogP contribution < -0.4 is 10.6 Å². The lowest BCUT2D eigenvalue weighted by Crippen LogP contribution is -2.37. The zero-order valence-electron chi connectivity index (χ0n) is 10.6. The Labute approximate surface area is 115 Å². The second-order valence-electron chi connectivity index (χ2n) is 4.57. The first-order valence-electron chi connectivity index (χ1n) is 6.17. The Balaban J connectivity index is 1.88. The first kappa shape index (κ1) is 13.8. The highest BCUT2D eigenvalue weighted by Crippen LogP contribution is 2.28. The number of carbonyl (C=O) groups is 1. The fourth-order valence-corrected chi connectivity index (χ4v) is 3.77. The summed E-state index contributed by atoms with van der Waals surface area (Å²) in [4.78, 5) is 12.0. The second kappa shape index (κ2) is 6.49. The molecule has 0 aromatic carbocycles. The van der Waals surface area contributed by atoms with Gasteiger partial charge in [0.25, 0.3) is 0 Å². The number of anilines is 1. The SMILES string of the molecule is CC(C)Sc1nnc(NC(=O)C2CCCNC2)s1. The molecule has 1 atom stereocenters. The number of hydrogen-bond acceptors (Lipinski definition) is 6. The van der Waals surface area contributed by atoms with Crippen LogP contribution in [0.3, 0.4) is 0 Å². The molecule has 18 heavy (non-hydrogen) atoms. The van der Waals surface area contributed by atoms with Crippen LogP contribution in [0, 0.1) is 5.92 Å². The van der Waals surface area contributed by atoms with Crippen LogP contribution >= 0.6 is 23.1 Å². The Bertz CT molecular complexity index is 402. The van der Waals surface area contributed by atoms with Gasteiger partial charge in [0.15, 0.2) is 4.34 Å². The number of amides is 1. The van der Waals surface area contributed by atoms with Crippen molar-refractivity contribution >= 4 is 34.1 Å². The molecular formula is C11H18N4OS2. The van der Waals surface area contributed by atoms with Gasteiger partial charge in [0.05, 0.1) is 5.92 Å². The molecule has 1 unspecified atom stereocenters. The Morgan fingerprint density at radius 2 is 2.39 bits per heavy atom. The first-order valence-corrected chi connectivity index (χ1v) is 7.86. The summed E-state index contributed by atoms with van der Waals surface area (Å²) in [5.41, 5.74) is 0. The van der Waals surface area contributed by atoms with Crippen LogP contribution in [0.25, 0.3) is 0 Å². The van der Waals surface area contributed by atoms with Crippen molar-refractivity contribution in [3.8, 4) is 0 Å². The van der Waals surface area contributed by atoms with E-state index in [1.54, 1.807) is 11.8 Å². The maximum Gasteiger partial charge on any atom is 0.230 e. The number of piperidine rings is 1. The summed E-state index contributed by atoms with van der Waals surface area (Å²) in [5, 5.41) is 15.2. The molecule has 0 saturated carbocycles. The van der Waals surface area contributed by atoms with Gasteiger partial charge in [-0.2, -0.15) is 0 Å². The Morgan fingerprint density at radius 3 is 3.06 bits per heavy atom. The molecule has 5 nitrogen and oxygen atoms in total. The van der Waals surface area contributed by atoms with Gasteiger partial charge >= 0.3 is 0 Å². The predicted octanol–water partition coefficient (Wildman–Crippen LogP) is 1.98. The molecule has 0 aliphatic carbocycles. The highest BCUT2D eigenvalue weighted by atomic mass is 32.2. The lowest BCUT2D eigenvalue weighted by atomic mass is 9.99.